The molecule has 2 rings (SSSR count). The summed E-state index contributed by atoms with van der Waals surface area (Å²) in [6.45, 7) is 2.91. The van der Waals surface area contributed by atoms with Crippen LogP contribution in [-0.2, 0) is 0 Å². The van der Waals surface area contributed by atoms with Gasteiger partial charge in [0.25, 0.3) is 0 Å². The van der Waals surface area contributed by atoms with E-state index in [0.717, 1.165) is 32.5 Å². The minimum atomic E-state index is -0.500. The van der Waals surface area contributed by atoms with Gasteiger partial charge in [0.15, 0.2) is 0 Å². The van der Waals surface area contributed by atoms with Gasteiger partial charge in [-0.15, -0.1) is 0 Å². The smallest absolute Gasteiger partial charge is 0.0860 e. The van der Waals surface area contributed by atoms with Crippen molar-refractivity contribution in [2.45, 2.75) is 24.5 Å². The first kappa shape index (κ1) is 9.19. The van der Waals surface area contributed by atoms with Gasteiger partial charge in [-0.1, -0.05) is 12.2 Å². The molecule has 1 fully saturated rings. The van der Waals surface area contributed by atoms with Crippen LogP contribution in [0.25, 0.3) is 0 Å². The monoisotopic (exact) mass is 182 g/mol. The molecule has 2 heterocycles. The molecule has 0 aromatic rings. The summed E-state index contributed by atoms with van der Waals surface area (Å²) in [7, 11) is 2.11. The summed E-state index contributed by atoms with van der Waals surface area (Å²) < 4.78 is 0. The summed E-state index contributed by atoms with van der Waals surface area (Å²) >= 11 is 0. The first-order chi connectivity index (χ1) is 6.21. The molecule has 2 aliphatic heterocycles. The number of nitrogens with zero attached hydrogens (tertiary/aromatic N) is 1. The zero-order chi connectivity index (χ0) is 9.31. The predicted octanol–water partition coefficient (Wildman–Crippen LogP) is -0.0289. The zero-order valence-electron chi connectivity index (χ0n) is 8.16. The Morgan fingerprint density at radius 1 is 1.46 bits per heavy atom. The second-order valence-electron chi connectivity index (χ2n) is 4.22. The molecule has 13 heavy (non-hydrogen) atoms. The Kier molecular flexibility index (Phi) is 2.41. The third-order valence-electron chi connectivity index (χ3n) is 3.22. The van der Waals surface area contributed by atoms with E-state index < -0.39 is 5.60 Å². The van der Waals surface area contributed by atoms with Crippen LogP contribution in [0.1, 0.15) is 12.8 Å². The summed E-state index contributed by atoms with van der Waals surface area (Å²) in [6, 6.07) is 0.182. The lowest BCUT2D eigenvalue weighted by atomic mass is 9.85. The minimum absolute atomic E-state index is 0.182. The molecule has 0 spiro atoms. The molecule has 0 aromatic heterocycles. The van der Waals surface area contributed by atoms with Crippen molar-refractivity contribution in [2.24, 2.45) is 0 Å². The highest BCUT2D eigenvalue weighted by molar-refractivity contribution is 5.11. The van der Waals surface area contributed by atoms with Crippen LogP contribution in [0.2, 0.25) is 0 Å². The summed E-state index contributed by atoms with van der Waals surface area (Å²) in [5, 5.41) is 13.7. The molecule has 1 atom stereocenters. The molecule has 1 unspecified atom stereocenters. The van der Waals surface area contributed by atoms with Gasteiger partial charge in [0.1, 0.15) is 0 Å². The summed E-state index contributed by atoms with van der Waals surface area (Å²) in [4.78, 5) is 2.27. The van der Waals surface area contributed by atoms with E-state index in [-0.39, 0.29) is 6.04 Å². The molecule has 3 nitrogen and oxygen atoms in total. The van der Waals surface area contributed by atoms with Crippen molar-refractivity contribution >= 4 is 0 Å². The average Bonchev–Trinajstić information content (AvgIpc) is 2.63. The van der Waals surface area contributed by atoms with Gasteiger partial charge in [0.2, 0.25) is 0 Å². The molecular weight excluding hydrogens is 164 g/mol. The molecule has 2 N–H and O–H groups in total. The van der Waals surface area contributed by atoms with Crippen LogP contribution in [0, 0.1) is 0 Å². The van der Waals surface area contributed by atoms with E-state index in [4.69, 9.17) is 0 Å². The number of hydrogen-bond acceptors (Lipinski definition) is 3. The number of rotatable bonds is 1. The number of nitrogens with one attached hydrogen (secondary N) is 1. The Hall–Kier alpha value is -0.380. The SMILES string of the molecule is CN1CCC(O)(C2C=CCN2)CC1. The van der Waals surface area contributed by atoms with Crippen LogP contribution >= 0.6 is 0 Å². The number of hydrogen-bond donors (Lipinski definition) is 2. The van der Waals surface area contributed by atoms with Crippen LogP contribution in [-0.4, -0.2) is 48.3 Å². The van der Waals surface area contributed by atoms with Gasteiger partial charge in [-0.2, -0.15) is 0 Å². The second-order valence-corrected chi connectivity index (χ2v) is 4.22. The van der Waals surface area contributed by atoms with Gasteiger partial charge < -0.3 is 15.3 Å². The van der Waals surface area contributed by atoms with Gasteiger partial charge in [-0.25, -0.2) is 0 Å². The van der Waals surface area contributed by atoms with E-state index >= 15 is 0 Å². The average molecular weight is 182 g/mol. The number of piperidine rings is 1. The molecule has 0 amide bonds. The summed E-state index contributed by atoms with van der Waals surface area (Å²) in [6.07, 6.45) is 5.96. The largest absolute Gasteiger partial charge is 0.388 e. The Labute approximate surface area is 79.4 Å². The highest BCUT2D eigenvalue weighted by Gasteiger charge is 2.38. The fourth-order valence-electron chi connectivity index (χ4n) is 2.15. The molecule has 0 bridgehead atoms. The quantitative estimate of drug-likeness (QED) is 0.559. The highest BCUT2D eigenvalue weighted by Crippen LogP contribution is 2.26. The Balaban J connectivity index is 1.99. The van der Waals surface area contributed by atoms with E-state index in [9.17, 15) is 5.11 Å². The Morgan fingerprint density at radius 3 is 2.69 bits per heavy atom. The molecule has 0 radical (unpaired) electrons. The fourth-order valence-corrected chi connectivity index (χ4v) is 2.15. The van der Waals surface area contributed by atoms with Crippen molar-refractivity contribution in [1.82, 2.24) is 10.2 Å². The van der Waals surface area contributed by atoms with Crippen LogP contribution in [0.15, 0.2) is 12.2 Å². The van der Waals surface area contributed by atoms with Crippen molar-refractivity contribution in [3.63, 3.8) is 0 Å². The summed E-state index contributed by atoms with van der Waals surface area (Å²) in [5.41, 5.74) is -0.500. The van der Waals surface area contributed by atoms with E-state index in [1.54, 1.807) is 0 Å². The lowest BCUT2D eigenvalue weighted by molar-refractivity contribution is -0.0312. The molecule has 0 aromatic carbocycles. The Morgan fingerprint density at radius 2 is 2.15 bits per heavy atom. The van der Waals surface area contributed by atoms with Crippen molar-refractivity contribution in [2.75, 3.05) is 26.7 Å². The van der Waals surface area contributed by atoms with Gasteiger partial charge in [-0.05, 0) is 19.9 Å². The maximum absolute atomic E-state index is 10.3. The van der Waals surface area contributed by atoms with Crippen LogP contribution in [0.3, 0.4) is 0 Å². The molecule has 74 valence electrons. The number of aliphatic hydroxyl groups is 1. The minimum Gasteiger partial charge on any atom is -0.388 e. The third kappa shape index (κ3) is 1.77. The van der Waals surface area contributed by atoms with Crippen LogP contribution in [0.5, 0.6) is 0 Å². The Bertz CT molecular complexity index is 207. The van der Waals surface area contributed by atoms with Crippen LogP contribution < -0.4 is 5.32 Å². The highest BCUT2D eigenvalue weighted by atomic mass is 16.3. The fraction of sp³-hybridized carbons (Fsp3) is 0.800. The summed E-state index contributed by atoms with van der Waals surface area (Å²) in [5.74, 6) is 0. The lowest BCUT2D eigenvalue weighted by Crippen LogP contribution is -2.53. The first-order valence-electron chi connectivity index (χ1n) is 5.02. The van der Waals surface area contributed by atoms with E-state index in [2.05, 4.69) is 29.4 Å². The second kappa shape index (κ2) is 3.40. The van der Waals surface area contributed by atoms with Gasteiger partial charge in [-0.3, -0.25) is 0 Å². The third-order valence-corrected chi connectivity index (χ3v) is 3.22. The van der Waals surface area contributed by atoms with Crippen molar-refractivity contribution in [1.29, 1.82) is 0 Å². The molecular formula is C10H18N2O. The van der Waals surface area contributed by atoms with Crippen LogP contribution in [0.4, 0.5) is 0 Å². The van der Waals surface area contributed by atoms with Gasteiger partial charge in [0.05, 0.1) is 11.6 Å². The van der Waals surface area contributed by atoms with Crippen molar-refractivity contribution < 1.29 is 5.11 Å². The molecule has 1 saturated heterocycles. The standard InChI is InChI=1S/C10H18N2O/c1-12-7-4-10(13,5-8-12)9-3-2-6-11-9/h2-3,9,11,13H,4-8H2,1H3. The van der Waals surface area contributed by atoms with E-state index in [1.165, 1.54) is 0 Å². The molecule has 3 heteroatoms. The zero-order valence-corrected chi connectivity index (χ0v) is 8.16. The van der Waals surface area contributed by atoms with Gasteiger partial charge >= 0.3 is 0 Å². The first-order valence-corrected chi connectivity index (χ1v) is 5.02. The normalized spacial score (nSPS) is 33.8. The van der Waals surface area contributed by atoms with Crippen molar-refractivity contribution in [3.8, 4) is 0 Å². The maximum Gasteiger partial charge on any atom is 0.0860 e. The molecule has 0 aliphatic carbocycles. The van der Waals surface area contributed by atoms with Crippen molar-refractivity contribution in [3.05, 3.63) is 12.2 Å². The van der Waals surface area contributed by atoms with Gasteiger partial charge in [0, 0.05) is 19.6 Å². The molecule has 0 saturated carbocycles. The predicted molar refractivity (Wildman–Crippen MR) is 52.6 cm³/mol. The maximum atomic E-state index is 10.3. The lowest BCUT2D eigenvalue weighted by Gasteiger charge is -2.40. The number of likely N-dealkylation sites (tertiary alicyclic amines) is 1. The topological polar surface area (TPSA) is 35.5 Å². The van der Waals surface area contributed by atoms with E-state index in [1.807, 2.05) is 0 Å². The van der Waals surface area contributed by atoms with E-state index in [0.29, 0.717) is 0 Å². The molecule has 2 aliphatic rings.